The van der Waals surface area contributed by atoms with Gasteiger partial charge < -0.3 is 10.5 Å². The lowest BCUT2D eigenvalue weighted by Gasteiger charge is -2.06. The Labute approximate surface area is 107 Å². The molecule has 0 bridgehead atoms. The molecule has 0 saturated carbocycles. The van der Waals surface area contributed by atoms with Crippen molar-refractivity contribution in [1.29, 1.82) is 0 Å². The Morgan fingerprint density at radius 3 is 2.56 bits per heavy atom. The lowest BCUT2D eigenvalue weighted by molar-refractivity contribution is 0.0505. The molecule has 0 fully saturated rings. The van der Waals surface area contributed by atoms with E-state index < -0.39 is 15.8 Å². The van der Waals surface area contributed by atoms with E-state index in [4.69, 9.17) is 10.5 Å². The van der Waals surface area contributed by atoms with Gasteiger partial charge in [0, 0.05) is 11.9 Å². The maximum atomic E-state index is 11.6. The molecule has 0 aliphatic rings. The summed E-state index contributed by atoms with van der Waals surface area (Å²) in [5.74, 6) is -0.477. The molecule has 1 aromatic rings. The van der Waals surface area contributed by atoms with E-state index in [1.54, 1.807) is 12.1 Å². The average Bonchev–Trinajstić information content (AvgIpc) is 2.21. The molecule has 0 aliphatic heterocycles. The molecule has 0 amide bonds. The van der Waals surface area contributed by atoms with Crippen molar-refractivity contribution in [2.75, 3.05) is 24.3 Å². The fraction of sp³-hybridized carbons (Fsp3) is 0.417. The first kappa shape index (κ1) is 14.5. The standard InChI is InChI=1S/C12H17NO4S/c1-9-6-10(8-11(13)7-9)12(14)17-4-3-5-18(2,15)16/h6-8H,3-5,13H2,1-2H3. The zero-order chi connectivity index (χ0) is 13.8. The van der Waals surface area contributed by atoms with E-state index in [2.05, 4.69) is 0 Å². The Balaban J connectivity index is 2.51. The number of hydrogen-bond donors (Lipinski definition) is 1. The summed E-state index contributed by atoms with van der Waals surface area (Å²) in [4.78, 5) is 11.6. The van der Waals surface area contributed by atoms with Crippen LogP contribution in [-0.4, -0.2) is 33.0 Å². The van der Waals surface area contributed by atoms with Crippen LogP contribution >= 0.6 is 0 Å². The molecule has 0 aromatic heterocycles. The molecule has 0 aliphatic carbocycles. The van der Waals surface area contributed by atoms with Crippen molar-refractivity contribution < 1.29 is 17.9 Å². The second-order valence-corrected chi connectivity index (χ2v) is 6.51. The van der Waals surface area contributed by atoms with E-state index in [0.29, 0.717) is 17.7 Å². The van der Waals surface area contributed by atoms with Crippen LogP contribution in [0.15, 0.2) is 18.2 Å². The van der Waals surface area contributed by atoms with E-state index in [-0.39, 0.29) is 12.4 Å². The van der Waals surface area contributed by atoms with Gasteiger partial charge in [0.05, 0.1) is 17.9 Å². The summed E-state index contributed by atoms with van der Waals surface area (Å²) < 4.78 is 26.7. The zero-order valence-corrected chi connectivity index (χ0v) is 11.3. The number of anilines is 1. The Hall–Kier alpha value is -1.56. The number of carbonyl (C=O) groups excluding carboxylic acids is 1. The van der Waals surface area contributed by atoms with Crippen LogP contribution in [0, 0.1) is 6.92 Å². The first-order valence-electron chi connectivity index (χ1n) is 5.50. The van der Waals surface area contributed by atoms with Gasteiger partial charge in [-0.2, -0.15) is 0 Å². The maximum Gasteiger partial charge on any atom is 0.338 e. The smallest absolute Gasteiger partial charge is 0.338 e. The molecule has 0 heterocycles. The lowest BCUT2D eigenvalue weighted by atomic mass is 10.1. The maximum absolute atomic E-state index is 11.6. The highest BCUT2D eigenvalue weighted by atomic mass is 32.2. The van der Waals surface area contributed by atoms with E-state index in [0.717, 1.165) is 11.8 Å². The number of sulfone groups is 1. The van der Waals surface area contributed by atoms with Gasteiger partial charge in [0.15, 0.2) is 0 Å². The van der Waals surface area contributed by atoms with Crippen molar-refractivity contribution in [3.05, 3.63) is 29.3 Å². The van der Waals surface area contributed by atoms with Crippen LogP contribution in [0.5, 0.6) is 0 Å². The molecule has 0 saturated heterocycles. The van der Waals surface area contributed by atoms with Gasteiger partial charge >= 0.3 is 5.97 Å². The SMILES string of the molecule is Cc1cc(N)cc(C(=O)OCCCS(C)(=O)=O)c1. The van der Waals surface area contributed by atoms with Gasteiger partial charge in [0.2, 0.25) is 0 Å². The third kappa shape index (κ3) is 5.18. The monoisotopic (exact) mass is 271 g/mol. The van der Waals surface area contributed by atoms with Crippen molar-refractivity contribution in [1.82, 2.24) is 0 Å². The lowest BCUT2D eigenvalue weighted by Crippen LogP contribution is -2.11. The molecule has 1 aromatic carbocycles. The summed E-state index contributed by atoms with van der Waals surface area (Å²) in [6, 6.07) is 4.96. The van der Waals surface area contributed by atoms with E-state index in [1.165, 1.54) is 6.07 Å². The Kier molecular flexibility index (Phi) is 4.72. The van der Waals surface area contributed by atoms with E-state index in [1.807, 2.05) is 6.92 Å². The Bertz CT molecular complexity index is 517. The van der Waals surface area contributed by atoms with Crippen LogP contribution < -0.4 is 5.73 Å². The normalized spacial score (nSPS) is 11.2. The molecule has 0 radical (unpaired) electrons. The number of nitrogens with two attached hydrogens (primary N) is 1. The summed E-state index contributed by atoms with van der Waals surface area (Å²) in [6.45, 7) is 1.91. The molecule has 5 nitrogen and oxygen atoms in total. The molecule has 100 valence electrons. The summed E-state index contributed by atoms with van der Waals surface area (Å²) in [7, 11) is -3.01. The molecule has 1 rings (SSSR count). The van der Waals surface area contributed by atoms with Crippen molar-refractivity contribution >= 4 is 21.5 Å². The molecule has 6 heteroatoms. The highest BCUT2D eigenvalue weighted by Crippen LogP contribution is 2.12. The largest absolute Gasteiger partial charge is 0.462 e. The van der Waals surface area contributed by atoms with Crippen LogP contribution in [0.1, 0.15) is 22.3 Å². The summed E-state index contributed by atoms with van der Waals surface area (Å²) in [5, 5.41) is 0. The van der Waals surface area contributed by atoms with Crippen molar-refractivity contribution in [2.24, 2.45) is 0 Å². The van der Waals surface area contributed by atoms with Gasteiger partial charge in [-0.3, -0.25) is 0 Å². The van der Waals surface area contributed by atoms with E-state index >= 15 is 0 Å². The molecular formula is C12H17NO4S. The van der Waals surface area contributed by atoms with Gasteiger partial charge in [-0.05, 0) is 37.1 Å². The van der Waals surface area contributed by atoms with Crippen molar-refractivity contribution in [3.63, 3.8) is 0 Å². The van der Waals surface area contributed by atoms with Crippen LogP contribution in [-0.2, 0) is 14.6 Å². The van der Waals surface area contributed by atoms with Crippen LogP contribution in [0.25, 0.3) is 0 Å². The molecule has 0 unspecified atom stereocenters. The van der Waals surface area contributed by atoms with Crippen molar-refractivity contribution in [3.8, 4) is 0 Å². The second-order valence-electron chi connectivity index (χ2n) is 4.25. The first-order valence-corrected chi connectivity index (χ1v) is 7.56. The molecule has 0 atom stereocenters. The third-order valence-corrected chi connectivity index (χ3v) is 3.26. The molecular weight excluding hydrogens is 254 g/mol. The first-order chi connectivity index (χ1) is 8.28. The van der Waals surface area contributed by atoms with Crippen LogP contribution in [0.2, 0.25) is 0 Å². The highest BCUT2D eigenvalue weighted by Gasteiger charge is 2.09. The fourth-order valence-corrected chi connectivity index (χ4v) is 2.14. The number of benzene rings is 1. The fourth-order valence-electron chi connectivity index (χ4n) is 1.50. The van der Waals surface area contributed by atoms with Gasteiger partial charge in [0.25, 0.3) is 0 Å². The van der Waals surface area contributed by atoms with Gasteiger partial charge in [-0.25, -0.2) is 13.2 Å². The second kappa shape index (κ2) is 5.86. The van der Waals surface area contributed by atoms with Gasteiger partial charge in [-0.15, -0.1) is 0 Å². The van der Waals surface area contributed by atoms with Crippen molar-refractivity contribution in [2.45, 2.75) is 13.3 Å². The third-order valence-electron chi connectivity index (χ3n) is 2.23. The summed E-state index contributed by atoms with van der Waals surface area (Å²) in [5.41, 5.74) is 7.37. The number of aryl methyl sites for hydroxylation is 1. The van der Waals surface area contributed by atoms with Gasteiger partial charge in [-0.1, -0.05) is 0 Å². The average molecular weight is 271 g/mol. The number of ether oxygens (including phenoxy) is 1. The quantitative estimate of drug-likeness (QED) is 0.493. The number of esters is 1. The summed E-state index contributed by atoms with van der Waals surface area (Å²) in [6.07, 6.45) is 1.45. The number of carbonyl (C=O) groups is 1. The Morgan fingerprint density at radius 2 is 2.00 bits per heavy atom. The minimum Gasteiger partial charge on any atom is -0.462 e. The number of rotatable bonds is 5. The minimum atomic E-state index is -3.01. The summed E-state index contributed by atoms with van der Waals surface area (Å²) >= 11 is 0. The topological polar surface area (TPSA) is 86.5 Å². The molecule has 0 spiro atoms. The minimum absolute atomic E-state index is 0.0102. The predicted octanol–water partition coefficient (Wildman–Crippen LogP) is 1.17. The van der Waals surface area contributed by atoms with Crippen LogP contribution in [0.4, 0.5) is 5.69 Å². The molecule has 2 N–H and O–H groups in total. The molecule has 18 heavy (non-hydrogen) atoms. The van der Waals surface area contributed by atoms with Crippen LogP contribution in [0.3, 0.4) is 0 Å². The number of hydrogen-bond acceptors (Lipinski definition) is 5. The Morgan fingerprint density at radius 1 is 1.33 bits per heavy atom. The number of nitrogen functional groups attached to an aromatic ring is 1. The highest BCUT2D eigenvalue weighted by molar-refractivity contribution is 7.90. The van der Waals surface area contributed by atoms with Gasteiger partial charge in [0.1, 0.15) is 9.84 Å². The predicted molar refractivity (Wildman–Crippen MR) is 70.2 cm³/mol. The zero-order valence-electron chi connectivity index (χ0n) is 10.5. The van der Waals surface area contributed by atoms with E-state index in [9.17, 15) is 13.2 Å².